The zero-order valence-electron chi connectivity index (χ0n) is 11.5. The number of thiazole rings is 1. The van der Waals surface area contributed by atoms with Gasteiger partial charge in [0.25, 0.3) is 0 Å². The number of amides is 1. The van der Waals surface area contributed by atoms with Gasteiger partial charge in [0.15, 0.2) is 0 Å². The number of carbonyl (C=O) groups is 1. The summed E-state index contributed by atoms with van der Waals surface area (Å²) in [5, 5.41) is 0.934. The number of carbonyl (C=O) groups excluding carboxylic acids is 1. The number of rotatable bonds is 4. The minimum atomic E-state index is -0.800. The van der Waals surface area contributed by atoms with Gasteiger partial charge in [0.2, 0.25) is 5.91 Å². The van der Waals surface area contributed by atoms with Crippen LogP contribution in [0.4, 0.5) is 0 Å². The molecule has 19 heavy (non-hydrogen) atoms. The molecule has 0 fully saturated rings. The van der Waals surface area contributed by atoms with Crippen molar-refractivity contribution >= 4 is 27.5 Å². The van der Waals surface area contributed by atoms with E-state index in [1.54, 1.807) is 30.2 Å². The lowest BCUT2D eigenvalue weighted by Gasteiger charge is -2.27. The summed E-state index contributed by atoms with van der Waals surface area (Å²) in [6.45, 7) is 4.19. The maximum absolute atomic E-state index is 12.2. The van der Waals surface area contributed by atoms with E-state index in [4.69, 9.17) is 5.73 Å². The van der Waals surface area contributed by atoms with Crippen molar-refractivity contribution in [3.05, 3.63) is 29.3 Å². The Kier molecular flexibility index (Phi) is 3.87. The highest BCUT2D eigenvalue weighted by Crippen LogP contribution is 2.23. The molecule has 0 radical (unpaired) electrons. The van der Waals surface area contributed by atoms with E-state index in [0.29, 0.717) is 13.0 Å². The van der Waals surface area contributed by atoms with Gasteiger partial charge < -0.3 is 10.6 Å². The first-order chi connectivity index (χ1) is 8.94. The molecule has 2 N–H and O–H groups in total. The van der Waals surface area contributed by atoms with E-state index < -0.39 is 5.54 Å². The Bertz CT molecular complexity index is 558. The van der Waals surface area contributed by atoms with E-state index in [-0.39, 0.29) is 5.91 Å². The van der Waals surface area contributed by atoms with Crippen LogP contribution in [0.25, 0.3) is 10.2 Å². The van der Waals surface area contributed by atoms with Crippen molar-refractivity contribution in [3.63, 3.8) is 0 Å². The van der Waals surface area contributed by atoms with Crippen LogP contribution in [-0.2, 0) is 11.3 Å². The largest absolute Gasteiger partial charge is 0.337 e. The zero-order valence-corrected chi connectivity index (χ0v) is 12.3. The molecule has 0 spiro atoms. The molecule has 1 aromatic heterocycles. The Hall–Kier alpha value is -1.46. The SMILES string of the molecule is CCC(C)(N)C(=O)N(C)Cc1nc2ccccc2s1. The number of nitrogens with zero attached hydrogens (tertiary/aromatic N) is 2. The molecule has 0 aliphatic carbocycles. The van der Waals surface area contributed by atoms with Crippen molar-refractivity contribution < 1.29 is 4.79 Å². The molecule has 0 bridgehead atoms. The molecular weight excluding hydrogens is 258 g/mol. The van der Waals surface area contributed by atoms with E-state index in [0.717, 1.165) is 15.2 Å². The van der Waals surface area contributed by atoms with Gasteiger partial charge in [0.05, 0.1) is 22.3 Å². The lowest BCUT2D eigenvalue weighted by molar-refractivity contribution is -0.135. The second-order valence-corrected chi connectivity index (χ2v) is 6.12. The molecular formula is C14H19N3OS. The molecule has 2 aromatic rings. The average Bonchev–Trinajstić information content (AvgIpc) is 2.79. The first-order valence-electron chi connectivity index (χ1n) is 6.33. The third-order valence-electron chi connectivity index (χ3n) is 3.28. The summed E-state index contributed by atoms with van der Waals surface area (Å²) in [5.41, 5.74) is 6.16. The number of benzene rings is 1. The fraction of sp³-hybridized carbons (Fsp3) is 0.429. The molecule has 0 saturated heterocycles. The minimum absolute atomic E-state index is 0.0470. The van der Waals surface area contributed by atoms with Crippen molar-refractivity contribution in [2.75, 3.05) is 7.05 Å². The summed E-state index contributed by atoms with van der Waals surface area (Å²) in [5.74, 6) is -0.0470. The number of nitrogens with two attached hydrogens (primary N) is 1. The predicted molar refractivity (Wildman–Crippen MR) is 79.0 cm³/mol. The molecule has 1 atom stereocenters. The summed E-state index contributed by atoms with van der Waals surface area (Å²) >= 11 is 1.62. The fourth-order valence-corrected chi connectivity index (χ4v) is 2.87. The van der Waals surface area contributed by atoms with Crippen molar-refractivity contribution in [1.29, 1.82) is 0 Å². The Morgan fingerprint density at radius 1 is 1.47 bits per heavy atom. The molecule has 1 amide bonds. The van der Waals surface area contributed by atoms with Crippen LogP contribution in [0.2, 0.25) is 0 Å². The van der Waals surface area contributed by atoms with Crippen molar-refractivity contribution in [2.24, 2.45) is 5.73 Å². The normalized spacial score (nSPS) is 14.3. The third kappa shape index (κ3) is 2.93. The Morgan fingerprint density at radius 3 is 2.79 bits per heavy atom. The van der Waals surface area contributed by atoms with Crippen LogP contribution < -0.4 is 5.73 Å². The van der Waals surface area contributed by atoms with Crippen LogP contribution >= 0.6 is 11.3 Å². The van der Waals surface area contributed by atoms with Crippen LogP contribution in [0.1, 0.15) is 25.3 Å². The Balaban J connectivity index is 2.14. The molecule has 1 unspecified atom stereocenters. The zero-order chi connectivity index (χ0) is 14.0. The summed E-state index contributed by atoms with van der Waals surface area (Å²) in [6.07, 6.45) is 0.621. The van der Waals surface area contributed by atoms with Gasteiger partial charge >= 0.3 is 0 Å². The summed E-state index contributed by atoms with van der Waals surface area (Å²) in [6, 6.07) is 7.98. The summed E-state index contributed by atoms with van der Waals surface area (Å²) in [7, 11) is 1.77. The van der Waals surface area contributed by atoms with Gasteiger partial charge in [-0.3, -0.25) is 4.79 Å². The monoisotopic (exact) mass is 277 g/mol. The number of hydrogen-bond donors (Lipinski definition) is 1. The molecule has 1 aromatic carbocycles. The van der Waals surface area contributed by atoms with Crippen molar-refractivity contribution in [1.82, 2.24) is 9.88 Å². The van der Waals surface area contributed by atoms with E-state index in [9.17, 15) is 4.79 Å². The molecule has 1 heterocycles. The maximum Gasteiger partial charge on any atom is 0.242 e. The van der Waals surface area contributed by atoms with Gasteiger partial charge in [0.1, 0.15) is 5.01 Å². The fourth-order valence-electron chi connectivity index (χ4n) is 1.85. The van der Waals surface area contributed by atoms with Gasteiger partial charge in [-0.25, -0.2) is 4.98 Å². The molecule has 5 heteroatoms. The van der Waals surface area contributed by atoms with Gasteiger partial charge in [-0.15, -0.1) is 11.3 Å². The number of fused-ring (bicyclic) bond motifs is 1. The molecule has 4 nitrogen and oxygen atoms in total. The topological polar surface area (TPSA) is 59.2 Å². The standard InChI is InChI=1S/C14H19N3OS/c1-4-14(2,15)13(18)17(3)9-12-16-10-7-5-6-8-11(10)19-12/h5-8H,4,9,15H2,1-3H3. The highest BCUT2D eigenvalue weighted by atomic mass is 32.1. The molecule has 102 valence electrons. The van der Waals surface area contributed by atoms with Crippen LogP contribution in [0.5, 0.6) is 0 Å². The second kappa shape index (κ2) is 5.27. The highest BCUT2D eigenvalue weighted by Gasteiger charge is 2.29. The summed E-state index contributed by atoms with van der Waals surface area (Å²) in [4.78, 5) is 18.4. The molecule has 2 rings (SSSR count). The smallest absolute Gasteiger partial charge is 0.242 e. The molecule has 0 aliphatic rings. The second-order valence-electron chi connectivity index (χ2n) is 5.01. The van der Waals surface area contributed by atoms with Crippen molar-refractivity contribution in [3.8, 4) is 0 Å². The van der Waals surface area contributed by atoms with E-state index in [1.807, 2.05) is 31.2 Å². The van der Waals surface area contributed by atoms with Crippen LogP contribution in [0.3, 0.4) is 0 Å². The lowest BCUT2D eigenvalue weighted by Crippen LogP contribution is -2.51. The minimum Gasteiger partial charge on any atom is -0.337 e. The molecule has 0 aliphatic heterocycles. The number of para-hydroxylation sites is 1. The van der Waals surface area contributed by atoms with Crippen LogP contribution in [0, 0.1) is 0 Å². The van der Waals surface area contributed by atoms with E-state index in [1.165, 1.54) is 0 Å². The van der Waals surface area contributed by atoms with Gasteiger partial charge in [-0.2, -0.15) is 0 Å². The van der Waals surface area contributed by atoms with Gasteiger partial charge in [0, 0.05) is 7.05 Å². The Morgan fingerprint density at radius 2 is 2.16 bits per heavy atom. The number of hydrogen-bond acceptors (Lipinski definition) is 4. The lowest BCUT2D eigenvalue weighted by atomic mass is 9.99. The van der Waals surface area contributed by atoms with E-state index in [2.05, 4.69) is 4.98 Å². The maximum atomic E-state index is 12.2. The third-order valence-corrected chi connectivity index (χ3v) is 4.30. The first kappa shape index (κ1) is 14.0. The summed E-state index contributed by atoms with van der Waals surface area (Å²) < 4.78 is 1.14. The number of aromatic nitrogens is 1. The first-order valence-corrected chi connectivity index (χ1v) is 7.14. The van der Waals surface area contributed by atoms with E-state index >= 15 is 0 Å². The molecule has 0 saturated carbocycles. The Labute approximate surface area is 117 Å². The van der Waals surface area contributed by atoms with Gasteiger partial charge in [-0.1, -0.05) is 19.1 Å². The van der Waals surface area contributed by atoms with Crippen LogP contribution in [-0.4, -0.2) is 28.4 Å². The van der Waals surface area contributed by atoms with Crippen LogP contribution in [0.15, 0.2) is 24.3 Å². The van der Waals surface area contributed by atoms with Crippen molar-refractivity contribution in [2.45, 2.75) is 32.4 Å². The quantitative estimate of drug-likeness (QED) is 0.933. The predicted octanol–water partition coefficient (Wildman–Crippen LogP) is 2.38. The highest BCUT2D eigenvalue weighted by molar-refractivity contribution is 7.18. The number of likely N-dealkylation sites (N-methyl/N-ethyl adjacent to an activating group) is 1. The van der Waals surface area contributed by atoms with Gasteiger partial charge in [-0.05, 0) is 25.5 Å². The average molecular weight is 277 g/mol.